The predicted molar refractivity (Wildman–Crippen MR) is 67.9 cm³/mol. The van der Waals surface area contributed by atoms with E-state index in [1.54, 1.807) is 12.1 Å². The zero-order chi connectivity index (χ0) is 12.2. The van der Waals surface area contributed by atoms with E-state index in [1.807, 2.05) is 12.1 Å². The van der Waals surface area contributed by atoms with E-state index in [-0.39, 0.29) is 11.6 Å². The van der Waals surface area contributed by atoms with E-state index in [2.05, 4.69) is 0 Å². The molecule has 0 unspecified atom stereocenters. The van der Waals surface area contributed by atoms with Crippen molar-refractivity contribution in [2.75, 3.05) is 17.8 Å². The van der Waals surface area contributed by atoms with Gasteiger partial charge in [-0.15, -0.1) is 11.8 Å². The molecule has 0 saturated carbocycles. The molecule has 0 bridgehead atoms. The van der Waals surface area contributed by atoms with Gasteiger partial charge in [-0.25, -0.2) is 8.42 Å². The lowest BCUT2D eigenvalue weighted by atomic mass is 10.2. The molecule has 0 aliphatic rings. The van der Waals surface area contributed by atoms with Crippen LogP contribution < -0.4 is 5.73 Å². The number of nitrogens with one attached hydrogen (secondary N) is 1. The molecule has 0 saturated heterocycles. The molecule has 0 aliphatic heterocycles. The van der Waals surface area contributed by atoms with E-state index < -0.39 is 9.84 Å². The Bertz CT molecular complexity index is 466. The maximum atomic E-state index is 10.9. The molecule has 1 aromatic rings. The Morgan fingerprint density at radius 3 is 2.38 bits per heavy atom. The van der Waals surface area contributed by atoms with Crippen LogP contribution in [0.3, 0.4) is 0 Å². The summed E-state index contributed by atoms with van der Waals surface area (Å²) in [7, 11) is -2.89. The summed E-state index contributed by atoms with van der Waals surface area (Å²) in [4.78, 5) is 0.980. The van der Waals surface area contributed by atoms with Gasteiger partial charge in [-0.1, -0.05) is 12.1 Å². The average Bonchev–Trinajstić information content (AvgIpc) is 2.16. The standard InChI is InChI=1S/C10H14N2O2S2/c1-16(13,14)7-6-15-9-4-2-8(3-5-9)10(11)12/h2-5H,6-7H2,1H3,(H3,11,12). The lowest BCUT2D eigenvalue weighted by Crippen LogP contribution is -2.10. The molecule has 0 heterocycles. The van der Waals surface area contributed by atoms with Crippen LogP contribution >= 0.6 is 11.8 Å². The summed E-state index contributed by atoms with van der Waals surface area (Å²) >= 11 is 1.48. The fourth-order valence-corrected chi connectivity index (χ4v) is 3.15. The van der Waals surface area contributed by atoms with Crippen molar-refractivity contribution in [2.24, 2.45) is 5.73 Å². The van der Waals surface area contributed by atoms with Crippen molar-refractivity contribution in [3.05, 3.63) is 29.8 Å². The molecule has 0 aromatic heterocycles. The lowest BCUT2D eigenvalue weighted by Gasteiger charge is -2.02. The van der Waals surface area contributed by atoms with Crippen LogP contribution in [0.15, 0.2) is 29.2 Å². The van der Waals surface area contributed by atoms with Crippen LogP contribution in [0.5, 0.6) is 0 Å². The van der Waals surface area contributed by atoms with E-state index in [9.17, 15) is 8.42 Å². The maximum absolute atomic E-state index is 10.9. The summed E-state index contributed by atoms with van der Waals surface area (Å²) in [6, 6.07) is 7.18. The van der Waals surface area contributed by atoms with Crippen LogP contribution in [0.4, 0.5) is 0 Å². The highest BCUT2D eigenvalue weighted by Crippen LogP contribution is 2.18. The quantitative estimate of drug-likeness (QED) is 0.471. The molecule has 0 fully saturated rings. The molecule has 3 N–H and O–H groups in total. The molecule has 6 heteroatoms. The summed E-state index contributed by atoms with van der Waals surface area (Å²) in [5.41, 5.74) is 5.99. The molecule has 1 rings (SSSR count). The second-order valence-corrected chi connectivity index (χ2v) is 6.84. The fraction of sp³-hybridized carbons (Fsp3) is 0.300. The Kier molecular flexibility index (Phi) is 4.37. The minimum atomic E-state index is -2.89. The number of thioether (sulfide) groups is 1. The first-order valence-electron chi connectivity index (χ1n) is 4.63. The largest absolute Gasteiger partial charge is 0.384 e. The van der Waals surface area contributed by atoms with Gasteiger partial charge in [-0.05, 0) is 12.1 Å². The number of hydrogen-bond acceptors (Lipinski definition) is 4. The maximum Gasteiger partial charge on any atom is 0.148 e. The smallest absolute Gasteiger partial charge is 0.148 e. The molecule has 0 atom stereocenters. The van der Waals surface area contributed by atoms with Crippen molar-refractivity contribution < 1.29 is 8.42 Å². The first-order chi connectivity index (χ1) is 7.38. The van der Waals surface area contributed by atoms with Crippen molar-refractivity contribution in [3.63, 3.8) is 0 Å². The number of nitrogens with two attached hydrogens (primary N) is 1. The van der Waals surface area contributed by atoms with Crippen molar-refractivity contribution >= 4 is 27.4 Å². The Morgan fingerprint density at radius 1 is 1.38 bits per heavy atom. The molecular weight excluding hydrogens is 244 g/mol. The van der Waals surface area contributed by atoms with E-state index in [4.69, 9.17) is 11.1 Å². The van der Waals surface area contributed by atoms with Crippen molar-refractivity contribution in [2.45, 2.75) is 4.90 Å². The second-order valence-electron chi connectivity index (χ2n) is 3.42. The fourth-order valence-electron chi connectivity index (χ4n) is 1.04. The summed E-state index contributed by atoms with van der Waals surface area (Å²) in [5.74, 6) is 0.748. The van der Waals surface area contributed by atoms with Gasteiger partial charge in [0.05, 0.1) is 5.75 Å². The van der Waals surface area contributed by atoms with Gasteiger partial charge in [0.25, 0.3) is 0 Å². The van der Waals surface area contributed by atoms with Crippen LogP contribution in [-0.4, -0.2) is 32.0 Å². The number of benzene rings is 1. The molecule has 1 aromatic carbocycles. The molecule has 0 amide bonds. The Hall–Kier alpha value is -1.01. The molecule has 88 valence electrons. The third-order valence-corrected chi connectivity index (χ3v) is 4.11. The third-order valence-electron chi connectivity index (χ3n) is 1.89. The summed E-state index contributed by atoms with van der Waals surface area (Å²) in [6.45, 7) is 0. The molecular formula is C10H14N2O2S2. The first kappa shape index (κ1) is 13.1. The van der Waals surface area contributed by atoms with E-state index in [0.717, 1.165) is 4.90 Å². The zero-order valence-electron chi connectivity index (χ0n) is 8.93. The van der Waals surface area contributed by atoms with Gasteiger partial charge in [0, 0.05) is 22.5 Å². The Balaban J connectivity index is 2.53. The van der Waals surface area contributed by atoms with Gasteiger partial charge in [-0.2, -0.15) is 0 Å². The summed E-state index contributed by atoms with van der Waals surface area (Å²) < 4.78 is 21.8. The molecule has 16 heavy (non-hydrogen) atoms. The van der Waals surface area contributed by atoms with E-state index >= 15 is 0 Å². The second kappa shape index (κ2) is 5.36. The average molecular weight is 258 g/mol. The van der Waals surface area contributed by atoms with E-state index in [0.29, 0.717) is 11.3 Å². The van der Waals surface area contributed by atoms with Crippen LogP contribution in [0.1, 0.15) is 5.56 Å². The van der Waals surface area contributed by atoms with Gasteiger partial charge in [0.1, 0.15) is 15.7 Å². The van der Waals surface area contributed by atoms with Crippen molar-refractivity contribution in [1.29, 1.82) is 5.41 Å². The minimum absolute atomic E-state index is 0.0349. The van der Waals surface area contributed by atoms with Crippen LogP contribution in [-0.2, 0) is 9.84 Å². The molecule has 0 spiro atoms. The third kappa shape index (κ3) is 4.67. The molecule has 0 radical (unpaired) electrons. The van der Waals surface area contributed by atoms with Crippen LogP contribution in [0.2, 0.25) is 0 Å². The zero-order valence-corrected chi connectivity index (χ0v) is 10.6. The number of hydrogen-bond donors (Lipinski definition) is 2. The number of rotatable bonds is 5. The van der Waals surface area contributed by atoms with Crippen molar-refractivity contribution in [3.8, 4) is 0 Å². The first-order valence-corrected chi connectivity index (χ1v) is 7.68. The number of sulfone groups is 1. The summed E-state index contributed by atoms with van der Waals surface area (Å²) in [5, 5.41) is 7.22. The monoisotopic (exact) mass is 258 g/mol. The Labute approximate surface area is 99.7 Å². The van der Waals surface area contributed by atoms with E-state index in [1.165, 1.54) is 18.0 Å². The topological polar surface area (TPSA) is 84.0 Å². The lowest BCUT2D eigenvalue weighted by molar-refractivity contribution is 0.603. The molecule has 4 nitrogen and oxygen atoms in total. The summed E-state index contributed by atoms with van der Waals surface area (Å²) in [6.07, 6.45) is 1.23. The number of amidine groups is 1. The van der Waals surface area contributed by atoms with Gasteiger partial charge >= 0.3 is 0 Å². The van der Waals surface area contributed by atoms with Crippen LogP contribution in [0, 0.1) is 5.41 Å². The van der Waals surface area contributed by atoms with Gasteiger partial charge < -0.3 is 5.73 Å². The Morgan fingerprint density at radius 2 is 1.94 bits per heavy atom. The highest BCUT2D eigenvalue weighted by atomic mass is 32.2. The highest BCUT2D eigenvalue weighted by molar-refractivity contribution is 8.00. The normalized spacial score (nSPS) is 11.3. The predicted octanol–water partition coefficient (Wildman–Crippen LogP) is 1.11. The minimum Gasteiger partial charge on any atom is -0.384 e. The SMILES string of the molecule is CS(=O)(=O)CCSc1ccc(C(=N)N)cc1. The van der Waals surface area contributed by atoms with Crippen LogP contribution in [0.25, 0.3) is 0 Å². The van der Waals surface area contributed by atoms with Crippen molar-refractivity contribution in [1.82, 2.24) is 0 Å². The van der Waals surface area contributed by atoms with Gasteiger partial charge in [-0.3, -0.25) is 5.41 Å². The number of nitrogen functional groups attached to an aromatic ring is 1. The van der Waals surface area contributed by atoms with Gasteiger partial charge in [0.15, 0.2) is 0 Å². The highest BCUT2D eigenvalue weighted by Gasteiger charge is 2.03. The molecule has 0 aliphatic carbocycles. The van der Waals surface area contributed by atoms with Gasteiger partial charge in [0.2, 0.25) is 0 Å².